The number of hydrogen-bond acceptors (Lipinski definition) is 2. The minimum Gasteiger partial charge on any atom is -0.381 e. The number of rotatable bonds is 12. The predicted octanol–water partition coefficient (Wildman–Crippen LogP) is 6.33. The fourth-order valence-electron chi connectivity index (χ4n) is 3.87. The van der Waals surface area contributed by atoms with Gasteiger partial charge in [-0.05, 0) is 81.7 Å². The molecule has 0 radical (unpaired) electrons. The first-order valence-electron chi connectivity index (χ1n) is 11.2. The molecule has 1 fully saturated rings. The Morgan fingerprint density at radius 2 is 2.11 bits per heavy atom. The average Bonchev–Trinajstić information content (AvgIpc) is 3.52. The summed E-state index contributed by atoms with van der Waals surface area (Å²) in [5.74, 6) is 0.924. The summed E-state index contributed by atoms with van der Waals surface area (Å²) in [6.07, 6.45) is 24.0. The van der Waals surface area contributed by atoms with Crippen LogP contribution in [-0.4, -0.2) is 30.6 Å². The Labute approximate surface area is 173 Å². The van der Waals surface area contributed by atoms with Gasteiger partial charge in [-0.3, -0.25) is 4.90 Å². The highest BCUT2D eigenvalue weighted by atomic mass is 15.2. The van der Waals surface area contributed by atoms with E-state index in [9.17, 15) is 0 Å². The lowest BCUT2D eigenvalue weighted by Gasteiger charge is -2.31. The number of allylic oxidation sites excluding steroid dienone is 7. The molecule has 1 heterocycles. The second-order valence-corrected chi connectivity index (χ2v) is 8.01. The minimum atomic E-state index is 0.364. The maximum Gasteiger partial charge on any atom is 0.0513 e. The van der Waals surface area contributed by atoms with Crippen LogP contribution in [-0.2, 0) is 0 Å². The Balaban J connectivity index is 2.12. The van der Waals surface area contributed by atoms with Gasteiger partial charge < -0.3 is 5.32 Å². The average molecular weight is 381 g/mol. The molecule has 0 bridgehead atoms. The van der Waals surface area contributed by atoms with Gasteiger partial charge in [0.25, 0.3) is 0 Å². The third-order valence-corrected chi connectivity index (χ3v) is 5.55. The summed E-state index contributed by atoms with van der Waals surface area (Å²) in [4.78, 5) is 2.64. The third kappa shape index (κ3) is 7.67. The molecule has 2 nitrogen and oxygen atoms in total. The Hall–Kier alpha value is -1.80. The maximum atomic E-state index is 4.04. The normalized spacial score (nSPS) is 22.1. The van der Waals surface area contributed by atoms with Crippen molar-refractivity contribution in [3.8, 4) is 0 Å². The van der Waals surface area contributed by atoms with E-state index in [1.54, 1.807) is 0 Å². The molecule has 2 rings (SSSR count). The van der Waals surface area contributed by atoms with E-state index in [0.29, 0.717) is 6.04 Å². The van der Waals surface area contributed by atoms with Crippen LogP contribution in [0.25, 0.3) is 0 Å². The first-order chi connectivity index (χ1) is 13.7. The van der Waals surface area contributed by atoms with E-state index < -0.39 is 0 Å². The van der Waals surface area contributed by atoms with E-state index in [1.165, 1.54) is 43.3 Å². The van der Waals surface area contributed by atoms with E-state index in [2.05, 4.69) is 67.6 Å². The molecular weight excluding hydrogens is 340 g/mol. The minimum absolute atomic E-state index is 0.364. The Morgan fingerprint density at radius 1 is 1.29 bits per heavy atom. The molecule has 0 saturated heterocycles. The van der Waals surface area contributed by atoms with E-state index in [4.69, 9.17) is 0 Å². The van der Waals surface area contributed by atoms with Crippen LogP contribution in [0.2, 0.25) is 0 Å². The largest absolute Gasteiger partial charge is 0.381 e. The lowest BCUT2D eigenvalue weighted by Crippen LogP contribution is -2.38. The van der Waals surface area contributed by atoms with Gasteiger partial charge in [0.15, 0.2) is 0 Å². The van der Waals surface area contributed by atoms with E-state index >= 15 is 0 Å². The van der Waals surface area contributed by atoms with E-state index in [-0.39, 0.29) is 0 Å². The molecule has 1 atom stereocenters. The topological polar surface area (TPSA) is 15.3 Å². The van der Waals surface area contributed by atoms with E-state index in [0.717, 1.165) is 44.1 Å². The Kier molecular flexibility index (Phi) is 10.1. The molecule has 1 N–H and O–H groups in total. The lowest BCUT2D eigenvalue weighted by molar-refractivity contribution is 0.252. The molecule has 0 amide bonds. The van der Waals surface area contributed by atoms with Gasteiger partial charge in [0.1, 0.15) is 0 Å². The molecule has 1 unspecified atom stereocenters. The van der Waals surface area contributed by atoms with Crippen molar-refractivity contribution in [3.05, 3.63) is 72.5 Å². The highest BCUT2D eigenvalue weighted by Crippen LogP contribution is 2.32. The van der Waals surface area contributed by atoms with Gasteiger partial charge in [0, 0.05) is 12.2 Å². The molecule has 0 aromatic carbocycles. The fraction of sp³-hybridized carbons (Fsp3) is 0.538. The first-order valence-corrected chi connectivity index (χ1v) is 11.2. The Morgan fingerprint density at radius 3 is 2.75 bits per heavy atom. The highest BCUT2D eigenvalue weighted by molar-refractivity contribution is 5.30. The van der Waals surface area contributed by atoms with Crippen LogP contribution >= 0.6 is 0 Å². The van der Waals surface area contributed by atoms with Crippen LogP contribution in [0.1, 0.15) is 58.8 Å². The summed E-state index contributed by atoms with van der Waals surface area (Å²) < 4.78 is 0. The Bertz CT molecular complexity index is 616. The summed E-state index contributed by atoms with van der Waals surface area (Å²) in [6.45, 7) is 15.6. The van der Waals surface area contributed by atoms with Crippen molar-refractivity contribution in [2.24, 2.45) is 5.92 Å². The van der Waals surface area contributed by atoms with Gasteiger partial charge >= 0.3 is 0 Å². The summed E-state index contributed by atoms with van der Waals surface area (Å²) in [6, 6.07) is 0.364. The van der Waals surface area contributed by atoms with Crippen LogP contribution in [0.15, 0.2) is 72.5 Å². The summed E-state index contributed by atoms with van der Waals surface area (Å²) in [5, 5.41) is 3.67. The molecule has 28 heavy (non-hydrogen) atoms. The molecule has 1 saturated carbocycles. The first kappa shape index (κ1) is 22.5. The number of hydrogen-bond donors (Lipinski definition) is 1. The monoisotopic (exact) mass is 380 g/mol. The van der Waals surface area contributed by atoms with Gasteiger partial charge in [-0.15, -0.1) is 0 Å². The second-order valence-electron chi connectivity index (χ2n) is 8.01. The summed E-state index contributed by atoms with van der Waals surface area (Å²) in [7, 11) is 0. The van der Waals surface area contributed by atoms with Crippen LogP contribution in [0.3, 0.4) is 0 Å². The van der Waals surface area contributed by atoms with Crippen molar-refractivity contribution in [2.75, 3.05) is 19.6 Å². The fourth-order valence-corrected chi connectivity index (χ4v) is 3.87. The molecule has 0 aromatic heterocycles. The molecule has 2 aliphatic rings. The molecule has 1 aliphatic carbocycles. The standard InChI is InChI=1S/C26H40N2/c1-5-11-24(21-27-25(12-6-2)15-9-13-23-16-17-23)26-20-22(8-4)14-10-19-28(26)18-7-3/h6,8-9,11-12,15,20,23,26-27H,2,4-5,7,10,13-14,16-19,21H2,1,3H3/b15-9-,24-11-,25-12+. The zero-order valence-corrected chi connectivity index (χ0v) is 18.1. The van der Waals surface area contributed by atoms with Crippen LogP contribution in [0.5, 0.6) is 0 Å². The molecule has 2 heteroatoms. The van der Waals surface area contributed by atoms with Crippen molar-refractivity contribution in [2.45, 2.75) is 64.8 Å². The molecule has 0 spiro atoms. The van der Waals surface area contributed by atoms with Crippen molar-refractivity contribution in [3.63, 3.8) is 0 Å². The van der Waals surface area contributed by atoms with Gasteiger partial charge in [-0.2, -0.15) is 0 Å². The quantitative estimate of drug-likeness (QED) is 0.314. The maximum absolute atomic E-state index is 4.04. The van der Waals surface area contributed by atoms with Crippen molar-refractivity contribution in [1.29, 1.82) is 0 Å². The molecular formula is C26H40N2. The van der Waals surface area contributed by atoms with Crippen LogP contribution < -0.4 is 5.32 Å². The van der Waals surface area contributed by atoms with Gasteiger partial charge in [0.2, 0.25) is 0 Å². The number of nitrogens with one attached hydrogen (secondary N) is 1. The van der Waals surface area contributed by atoms with Gasteiger partial charge in [-0.25, -0.2) is 0 Å². The van der Waals surface area contributed by atoms with Crippen LogP contribution in [0, 0.1) is 5.92 Å². The molecule has 0 aromatic rings. The molecule has 154 valence electrons. The van der Waals surface area contributed by atoms with Crippen LogP contribution in [0.4, 0.5) is 0 Å². The SMILES string of the molecule is C=C/C=C(\C=C/CC1CC1)NC/C(=C/CC)C1C=C(C=C)CCCN1CCC. The lowest BCUT2D eigenvalue weighted by atomic mass is 10.0. The number of nitrogens with zero attached hydrogens (tertiary/aromatic N) is 1. The summed E-state index contributed by atoms with van der Waals surface area (Å²) >= 11 is 0. The van der Waals surface area contributed by atoms with E-state index in [1.807, 2.05) is 12.2 Å². The zero-order valence-electron chi connectivity index (χ0n) is 18.1. The predicted molar refractivity (Wildman–Crippen MR) is 124 cm³/mol. The smallest absolute Gasteiger partial charge is 0.0513 e. The molecule has 1 aliphatic heterocycles. The van der Waals surface area contributed by atoms with Crippen molar-refractivity contribution in [1.82, 2.24) is 10.2 Å². The summed E-state index contributed by atoms with van der Waals surface area (Å²) in [5.41, 5.74) is 4.00. The van der Waals surface area contributed by atoms with Gasteiger partial charge in [0.05, 0.1) is 6.04 Å². The second kappa shape index (κ2) is 12.6. The van der Waals surface area contributed by atoms with Crippen molar-refractivity contribution < 1.29 is 0 Å². The zero-order chi connectivity index (χ0) is 20.2. The van der Waals surface area contributed by atoms with Gasteiger partial charge in [-0.1, -0.05) is 63.0 Å². The van der Waals surface area contributed by atoms with Crippen molar-refractivity contribution >= 4 is 0 Å². The third-order valence-electron chi connectivity index (χ3n) is 5.55. The highest BCUT2D eigenvalue weighted by Gasteiger charge is 2.22.